The first kappa shape index (κ1) is 14.0. The molecule has 0 heterocycles. The number of anilines is 1. The Labute approximate surface area is 103 Å². The molecule has 0 amide bonds. The third-order valence-corrected chi connectivity index (χ3v) is 2.38. The average Bonchev–Trinajstić information content (AvgIpc) is 2.30. The lowest BCUT2D eigenvalue weighted by Crippen LogP contribution is -2.29. The molecule has 0 bridgehead atoms. The highest BCUT2D eigenvalue weighted by molar-refractivity contribution is 5.69. The topological polar surface area (TPSA) is 77.8 Å². The zero-order chi connectivity index (χ0) is 13.5. The van der Waals surface area contributed by atoms with E-state index in [1.807, 2.05) is 0 Å². The minimum Gasteiger partial charge on any atom is -0.481 e. The number of hydrogen-bond acceptors (Lipinski definition) is 3. The fourth-order valence-electron chi connectivity index (χ4n) is 1.52. The monoisotopic (exact) mass is 255 g/mol. The van der Waals surface area contributed by atoms with Crippen LogP contribution < -0.4 is 4.90 Å². The summed E-state index contributed by atoms with van der Waals surface area (Å²) in [5.74, 6) is -2.51. The summed E-state index contributed by atoms with van der Waals surface area (Å²) >= 11 is 0. The number of nitrogens with zero attached hydrogens (tertiary/aromatic N) is 1. The van der Waals surface area contributed by atoms with Crippen molar-refractivity contribution in [2.75, 3.05) is 18.0 Å². The van der Waals surface area contributed by atoms with Crippen LogP contribution in [-0.4, -0.2) is 35.2 Å². The van der Waals surface area contributed by atoms with Crippen LogP contribution in [-0.2, 0) is 9.59 Å². The highest BCUT2D eigenvalue weighted by Gasteiger charge is 2.13. The fraction of sp³-hybridized carbons (Fsp3) is 0.333. The van der Waals surface area contributed by atoms with E-state index in [4.69, 9.17) is 10.2 Å². The first-order valence-electron chi connectivity index (χ1n) is 5.43. The first-order chi connectivity index (χ1) is 8.50. The molecule has 18 heavy (non-hydrogen) atoms. The van der Waals surface area contributed by atoms with Crippen LogP contribution in [0.15, 0.2) is 24.3 Å². The molecule has 0 aliphatic heterocycles. The largest absolute Gasteiger partial charge is 0.481 e. The molecular formula is C12H14FNO4. The van der Waals surface area contributed by atoms with Crippen LogP contribution in [0.4, 0.5) is 10.1 Å². The van der Waals surface area contributed by atoms with Crippen molar-refractivity contribution in [2.45, 2.75) is 12.8 Å². The van der Waals surface area contributed by atoms with E-state index < -0.39 is 17.8 Å². The van der Waals surface area contributed by atoms with Gasteiger partial charge in [0.15, 0.2) is 0 Å². The van der Waals surface area contributed by atoms with Crippen LogP contribution in [0.3, 0.4) is 0 Å². The molecule has 6 heteroatoms. The summed E-state index contributed by atoms with van der Waals surface area (Å²) in [6.07, 6.45) is -0.345. The molecule has 0 fully saturated rings. The molecule has 2 N–H and O–H groups in total. The van der Waals surface area contributed by atoms with Gasteiger partial charge in [-0.05, 0) is 12.1 Å². The summed E-state index contributed by atoms with van der Waals surface area (Å²) in [5.41, 5.74) is 0.222. The quantitative estimate of drug-likeness (QED) is 0.773. The molecule has 1 aromatic carbocycles. The zero-order valence-electron chi connectivity index (χ0n) is 9.67. The standard InChI is InChI=1S/C12H14FNO4/c13-9-3-1-2-4-10(9)14(7-5-11(15)16)8-6-12(17)18/h1-4H,5-8H2,(H,15,16)(H,17,18). The number of carboxylic acid groups (broad SMARTS) is 2. The van der Waals surface area contributed by atoms with E-state index in [0.29, 0.717) is 0 Å². The molecule has 0 saturated heterocycles. The van der Waals surface area contributed by atoms with Gasteiger partial charge in [0.2, 0.25) is 0 Å². The second-order valence-corrected chi connectivity index (χ2v) is 3.73. The molecule has 0 aliphatic carbocycles. The average molecular weight is 255 g/mol. The highest BCUT2D eigenvalue weighted by Crippen LogP contribution is 2.19. The lowest BCUT2D eigenvalue weighted by atomic mass is 10.2. The summed E-state index contributed by atoms with van der Waals surface area (Å²) in [6, 6.07) is 5.89. The van der Waals surface area contributed by atoms with Gasteiger partial charge in [0, 0.05) is 13.1 Å². The maximum atomic E-state index is 13.6. The van der Waals surface area contributed by atoms with Gasteiger partial charge in [0.05, 0.1) is 18.5 Å². The molecule has 5 nitrogen and oxygen atoms in total. The van der Waals surface area contributed by atoms with Gasteiger partial charge in [0.1, 0.15) is 5.82 Å². The van der Waals surface area contributed by atoms with E-state index >= 15 is 0 Å². The summed E-state index contributed by atoms with van der Waals surface area (Å²) in [5, 5.41) is 17.2. The van der Waals surface area contributed by atoms with Crippen molar-refractivity contribution in [3.63, 3.8) is 0 Å². The summed E-state index contributed by atoms with van der Waals surface area (Å²) in [7, 11) is 0. The van der Waals surface area contributed by atoms with E-state index in [1.54, 1.807) is 6.07 Å². The molecule has 0 aliphatic rings. The maximum Gasteiger partial charge on any atom is 0.305 e. The Bertz CT molecular complexity index is 418. The second-order valence-electron chi connectivity index (χ2n) is 3.73. The van der Waals surface area contributed by atoms with Crippen LogP contribution in [0.25, 0.3) is 0 Å². The first-order valence-corrected chi connectivity index (χ1v) is 5.43. The van der Waals surface area contributed by atoms with Crippen molar-refractivity contribution in [1.29, 1.82) is 0 Å². The van der Waals surface area contributed by atoms with E-state index in [9.17, 15) is 14.0 Å². The Hall–Kier alpha value is -2.11. The van der Waals surface area contributed by atoms with Crippen LogP contribution in [0.5, 0.6) is 0 Å². The predicted molar refractivity (Wildman–Crippen MR) is 63.1 cm³/mol. The van der Waals surface area contributed by atoms with Crippen molar-refractivity contribution in [3.05, 3.63) is 30.1 Å². The summed E-state index contributed by atoms with van der Waals surface area (Å²) < 4.78 is 13.6. The Morgan fingerprint density at radius 2 is 1.56 bits per heavy atom. The van der Waals surface area contributed by atoms with Gasteiger partial charge in [0.25, 0.3) is 0 Å². The Kier molecular flexibility index (Phi) is 5.10. The molecule has 0 atom stereocenters. The molecule has 98 valence electrons. The Morgan fingerprint density at radius 1 is 1.06 bits per heavy atom. The summed E-state index contributed by atoms with van der Waals surface area (Å²) in [6.45, 7) is 0.146. The second kappa shape index (κ2) is 6.58. The van der Waals surface area contributed by atoms with E-state index in [2.05, 4.69) is 0 Å². The maximum absolute atomic E-state index is 13.6. The number of para-hydroxylation sites is 1. The van der Waals surface area contributed by atoms with E-state index in [0.717, 1.165) is 0 Å². The van der Waals surface area contributed by atoms with Crippen LogP contribution in [0.2, 0.25) is 0 Å². The van der Waals surface area contributed by atoms with Crippen molar-refractivity contribution in [3.8, 4) is 0 Å². The molecule has 0 unspecified atom stereocenters. The normalized spacial score (nSPS) is 10.1. The minimum atomic E-state index is -1.01. The van der Waals surface area contributed by atoms with Crippen molar-refractivity contribution < 1.29 is 24.2 Å². The predicted octanol–water partition coefficient (Wildman–Crippen LogP) is 1.58. The number of rotatable bonds is 7. The van der Waals surface area contributed by atoms with Crippen LogP contribution >= 0.6 is 0 Å². The minimum absolute atomic E-state index is 0.0730. The Morgan fingerprint density at radius 3 is 2.00 bits per heavy atom. The van der Waals surface area contributed by atoms with Gasteiger partial charge in [-0.25, -0.2) is 4.39 Å². The smallest absolute Gasteiger partial charge is 0.305 e. The third-order valence-electron chi connectivity index (χ3n) is 2.38. The molecule has 1 aromatic rings. The number of carboxylic acids is 2. The highest BCUT2D eigenvalue weighted by atomic mass is 19.1. The number of benzene rings is 1. The summed E-state index contributed by atoms with van der Waals surface area (Å²) in [4.78, 5) is 22.5. The Balaban J connectivity index is 2.79. The van der Waals surface area contributed by atoms with Gasteiger partial charge >= 0.3 is 11.9 Å². The zero-order valence-corrected chi connectivity index (χ0v) is 9.67. The van der Waals surface area contributed by atoms with Crippen molar-refractivity contribution in [2.24, 2.45) is 0 Å². The van der Waals surface area contributed by atoms with Gasteiger partial charge < -0.3 is 15.1 Å². The molecule has 0 radical (unpaired) electrons. The van der Waals surface area contributed by atoms with Gasteiger partial charge in [-0.1, -0.05) is 12.1 Å². The van der Waals surface area contributed by atoms with Crippen LogP contribution in [0, 0.1) is 5.82 Å². The van der Waals surface area contributed by atoms with Crippen molar-refractivity contribution >= 4 is 17.6 Å². The number of halogens is 1. The third kappa shape index (κ3) is 4.40. The SMILES string of the molecule is O=C(O)CCN(CCC(=O)O)c1ccccc1F. The van der Waals surface area contributed by atoms with Gasteiger partial charge in [-0.2, -0.15) is 0 Å². The van der Waals surface area contributed by atoms with E-state index in [-0.39, 0.29) is 31.6 Å². The van der Waals surface area contributed by atoms with Gasteiger partial charge in [-0.15, -0.1) is 0 Å². The number of hydrogen-bond donors (Lipinski definition) is 2. The van der Waals surface area contributed by atoms with Crippen LogP contribution in [0.1, 0.15) is 12.8 Å². The lowest BCUT2D eigenvalue weighted by Gasteiger charge is -2.23. The van der Waals surface area contributed by atoms with E-state index in [1.165, 1.54) is 23.1 Å². The molecule has 0 saturated carbocycles. The molecule has 1 rings (SSSR count). The lowest BCUT2D eigenvalue weighted by molar-refractivity contribution is -0.137. The molecule has 0 aromatic heterocycles. The number of carbonyl (C=O) groups is 2. The van der Waals surface area contributed by atoms with Gasteiger partial charge in [-0.3, -0.25) is 9.59 Å². The fourth-order valence-corrected chi connectivity index (χ4v) is 1.52. The van der Waals surface area contributed by atoms with Crippen molar-refractivity contribution in [1.82, 2.24) is 0 Å². The number of aliphatic carboxylic acids is 2. The molecule has 0 spiro atoms. The molecular weight excluding hydrogens is 241 g/mol.